The van der Waals surface area contributed by atoms with E-state index in [1.807, 2.05) is 13.0 Å². The van der Waals surface area contributed by atoms with Crippen molar-refractivity contribution < 1.29 is 0 Å². The normalized spacial score (nSPS) is 12.3. The fourth-order valence-electron chi connectivity index (χ4n) is 2.93. The summed E-state index contributed by atoms with van der Waals surface area (Å²) in [7, 11) is 0. The number of aromatic nitrogens is 1. The average molecular weight is 323 g/mol. The van der Waals surface area contributed by atoms with Gasteiger partial charge in [0.05, 0.1) is 5.69 Å². The van der Waals surface area contributed by atoms with E-state index in [1.54, 1.807) is 0 Å². The fraction of sp³-hybridized carbons (Fsp3) is 0.353. The average Bonchev–Trinajstić information content (AvgIpc) is 2.32. The van der Waals surface area contributed by atoms with Gasteiger partial charge in [0.2, 0.25) is 0 Å². The monoisotopic (exact) mass is 322 g/mol. The van der Waals surface area contributed by atoms with E-state index in [-0.39, 0.29) is 6.04 Å². The highest BCUT2D eigenvalue weighted by atomic mass is 35.5. The van der Waals surface area contributed by atoms with Crippen molar-refractivity contribution >= 4 is 28.9 Å². The molecule has 0 saturated heterocycles. The number of rotatable bonds is 3. The van der Waals surface area contributed by atoms with Crippen molar-refractivity contribution in [1.29, 1.82) is 0 Å². The van der Waals surface area contributed by atoms with E-state index in [0.717, 1.165) is 11.3 Å². The quantitative estimate of drug-likeness (QED) is 0.723. The molecule has 4 heteroatoms. The highest BCUT2D eigenvalue weighted by molar-refractivity contribution is 6.34. The second-order valence-electron chi connectivity index (χ2n) is 5.61. The van der Waals surface area contributed by atoms with Crippen LogP contribution in [-0.4, -0.2) is 4.98 Å². The van der Waals surface area contributed by atoms with E-state index in [9.17, 15) is 0 Å². The Morgan fingerprint density at radius 1 is 0.952 bits per heavy atom. The zero-order chi connectivity index (χ0) is 15.7. The molecule has 0 spiro atoms. The van der Waals surface area contributed by atoms with Crippen molar-refractivity contribution in [2.24, 2.45) is 0 Å². The molecule has 1 unspecified atom stereocenters. The maximum atomic E-state index is 6.21. The van der Waals surface area contributed by atoms with Crippen molar-refractivity contribution in [3.63, 3.8) is 0 Å². The third-order valence-electron chi connectivity index (χ3n) is 3.67. The van der Waals surface area contributed by atoms with Crippen molar-refractivity contribution in [1.82, 2.24) is 4.98 Å². The molecule has 1 atom stereocenters. The van der Waals surface area contributed by atoms with Gasteiger partial charge >= 0.3 is 0 Å². The number of halogens is 2. The van der Waals surface area contributed by atoms with E-state index >= 15 is 0 Å². The number of nitrogens with zero attached hydrogens (tertiary/aromatic N) is 1. The van der Waals surface area contributed by atoms with E-state index in [1.165, 1.54) is 22.3 Å². The van der Waals surface area contributed by atoms with Crippen LogP contribution in [0.1, 0.15) is 40.8 Å². The summed E-state index contributed by atoms with van der Waals surface area (Å²) in [6, 6.07) is 6.37. The summed E-state index contributed by atoms with van der Waals surface area (Å²) in [6.45, 7) is 10.5. The minimum atomic E-state index is 0.143. The molecule has 1 aromatic heterocycles. The van der Waals surface area contributed by atoms with Crippen LogP contribution >= 0.6 is 23.2 Å². The molecule has 0 amide bonds. The van der Waals surface area contributed by atoms with Crippen LogP contribution in [0.4, 0.5) is 5.69 Å². The van der Waals surface area contributed by atoms with Gasteiger partial charge in [-0.2, -0.15) is 0 Å². The molecule has 112 valence electrons. The van der Waals surface area contributed by atoms with Gasteiger partial charge in [-0.05, 0) is 62.9 Å². The van der Waals surface area contributed by atoms with Crippen LogP contribution in [0.2, 0.25) is 10.3 Å². The molecule has 2 nitrogen and oxygen atoms in total. The van der Waals surface area contributed by atoms with Gasteiger partial charge in [0.25, 0.3) is 0 Å². The summed E-state index contributed by atoms with van der Waals surface area (Å²) < 4.78 is 0. The van der Waals surface area contributed by atoms with E-state index in [4.69, 9.17) is 23.2 Å². The molecular formula is C17H20Cl2N2. The highest BCUT2D eigenvalue weighted by Gasteiger charge is 2.15. The van der Waals surface area contributed by atoms with Gasteiger partial charge in [-0.1, -0.05) is 40.9 Å². The maximum absolute atomic E-state index is 6.21. The van der Waals surface area contributed by atoms with Gasteiger partial charge in [0.1, 0.15) is 5.15 Å². The molecule has 0 aliphatic carbocycles. The third-order valence-corrected chi connectivity index (χ3v) is 4.14. The van der Waals surface area contributed by atoms with E-state index in [2.05, 4.69) is 50.1 Å². The number of benzene rings is 1. The Labute approximate surface area is 136 Å². The van der Waals surface area contributed by atoms with Crippen molar-refractivity contribution in [3.8, 4) is 0 Å². The van der Waals surface area contributed by atoms with Crippen LogP contribution < -0.4 is 5.32 Å². The zero-order valence-electron chi connectivity index (χ0n) is 13.0. The number of hydrogen-bond acceptors (Lipinski definition) is 2. The molecule has 0 radical (unpaired) electrons. The fourth-order valence-corrected chi connectivity index (χ4v) is 3.52. The zero-order valence-corrected chi connectivity index (χ0v) is 14.5. The molecule has 1 heterocycles. The summed E-state index contributed by atoms with van der Waals surface area (Å²) in [5.74, 6) is 0. The lowest BCUT2D eigenvalue weighted by Crippen LogP contribution is -2.12. The van der Waals surface area contributed by atoms with Gasteiger partial charge in [0.15, 0.2) is 5.15 Å². The SMILES string of the molecule is Cc1cc(C)c(C(C)Nc2c(C)cc(Cl)nc2Cl)c(C)c1. The Bertz CT molecular complexity index is 634. The molecule has 0 bridgehead atoms. The van der Waals surface area contributed by atoms with Crippen LogP contribution in [0, 0.1) is 27.7 Å². The standard InChI is InChI=1S/C17H20Cl2N2/c1-9-6-10(2)15(11(3)7-9)13(5)20-16-12(4)8-14(18)21-17(16)19/h6-8,13,20H,1-5H3. The van der Waals surface area contributed by atoms with Crippen LogP contribution in [0.3, 0.4) is 0 Å². The first-order valence-corrected chi connectivity index (χ1v) is 7.72. The topological polar surface area (TPSA) is 24.9 Å². The molecule has 0 saturated carbocycles. The molecule has 2 aromatic rings. The Morgan fingerprint density at radius 3 is 2.05 bits per heavy atom. The van der Waals surface area contributed by atoms with Crippen LogP contribution in [-0.2, 0) is 0 Å². The molecule has 0 fully saturated rings. The smallest absolute Gasteiger partial charge is 0.154 e. The molecular weight excluding hydrogens is 303 g/mol. The molecule has 0 aliphatic heterocycles. The lowest BCUT2D eigenvalue weighted by atomic mass is 9.94. The lowest BCUT2D eigenvalue weighted by Gasteiger charge is -2.22. The summed E-state index contributed by atoms with van der Waals surface area (Å²) >= 11 is 12.1. The van der Waals surface area contributed by atoms with E-state index in [0.29, 0.717) is 10.3 Å². The van der Waals surface area contributed by atoms with Crippen LogP contribution in [0.5, 0.6) is 0 Å². The largest absolute Gasteiger partial charge is 0.376 e. The highest BCUT2D eigenvalue weighted by Crippen LogP contribution is 2.32. The van der Waals surface area contributed by atoms with Crippen molar-refractivity contribution in [2.75, 3.05) is 5.32 Å². The third kappa shape index (κ3) is 3.50. The van der Waals surface area contributed by atoms with Gasteiger partial charge in [-0.25, -0.2) is 4.98 Å². The molecule has 1 aromatic carbocycles. The number of hydrogen-bond donors (Lipinski definition) is 1. The van der Waals surface area contributed by atoms with Gasteiger partial charge in [0, 0.05) is 6.04 Å². The summed E-state index contributed by atoms with van der Waals surface area (Å²) in [6.07, 6.45) is 0. The summed E-state index contributed by atoms with van der Waals surface area (Å²) in [5, 5.41) is 4.30. The van der Waals surface area contributed by atoms with Crippen LogP contribution in [0.15, 0.2) is 18.2 Å². The predicted molar refractivity (Wildman–Crippen MR) is 91.7 cm³/mol. The molecule has 0 aliphatic rings. The summed E-state index contributed by atoms with van der Waals surface area (Å²) in [4.78, 5) is 4.11. The Hall–Kier alpha value is -1.25. The minimum absolute atomic E-state index is 0.143. The number of aryl methyl sites for hydroxylation is 4. The maximum Gasteiger partial charge on any atom is 0.154 e. The first-order chi connectivity index (χ1) is 9.79. The Morgan fingerprint density at radius 2 is 1.52 bits per heavy atom. The van der Waals surface area contributed by atoms with Gasteiger partial charge in [-0.15, -0.1) is 0 Å². The predicted octanol–water partition coefficient (Wildman–Crippen LogP) is 5.80. The number of anilines is 1. The summed E-state index contributed by atoms with van der Waals surface area (Å²) in [5.41, 5.74) is 6.97. The first kappa shape index (κ1) is 16.1. The number of nitrogens with one attached hydrogen (secondary N) is 1. The van der Waals surface area contributed by atoms with Crippen molar-refractivity contribution in [2.45, 2.75) is 40.7 Å². The van der Waals surface area contributed by atoms with Gasteiger partial charge in [-0.3, -0.25) is 0 Å². The van der Waals surface area contributed by atoms with E-state index < -0.39 is 0 Å². The Kier molecular flexibility index (Phi) is 4.80. The minimum Gasteiger partial charge on any atom is -0.376 e. The molecule has 2 rings (SSSR count). The molecule has 1 N–H and O–H groups in total. The number of pyridine rings is 1. The van der Waals surface area contributed by atoms with Crippen LogP contribution in [0.25, 0.3) is 0 Å². The molecule has 21 heavy (non-hydrogen) atoms. The Balaban J connectivity index is 2.37. The van der Waals surface area contributed by atoms with Gasteiger partial charge < -0.3 is 5.32 Å². The first-order valence-electron chi connectivity index (χ1n) is 6.96. The lowest BCUT2D eigenvalue weighted by molar-refractivity contribution is 0.858. The second-order valence-corrected chi connectivity index (χ2v) is 6.35. The second kappa shape index (κ2) is 6.25. The van der Waals surface area contributed by atoms with Crippen molar-refractivity contribution in [3.05, 3.63) is 56.3 Å².